The first-order chi connectivity index (χ1) is 15.2. The lowest BCUT2D eigenvalue weighted by molar-refractivity contribution is 0.0835. The van der Waals surface area contributed by atoms with Gasteiger partial charge < -0.3 is 9.64 Å². The lowest BCUT2D eigenvalue weighted by Gasteiger charge is -2.31. The fraction of sp³-hybridized carbons (Fsp3) is 0.500. The normalized spacial score (nSPS) is 15.8. The molecule has 1 aliphatic heterocycles. The fourth-order valence-corrected chi connectivity index (χ4v) is 4.82. The van der Waals surface area contributed by atoms with Gasteiger partial charge in [-0.15, -0.1) is 0 Å². The number of hydrogen-bond donors (Lipinski definition) is 0. The summed E-state index contributed by atoms with van der Waals surface area (Å²) in [5, 5.41) is 0. The number of hydrogen-bond acceptors (Lipinski definition) is 5. The molecule has 32 heavy (non-hydrogen) atoms. The van der Waals surface area contributed by atoms with Crippen LogP contribution < -0.4 is 4.74 Å². The van der Waals surface area contributed by atoms with E-state index in [-0.39, 0.29) is 11.7 Å². The van der Waals surface area contributed by atoms with Crippen molar-refractivity contribution in [2.24, 2.45) is 11.8 Å². The molecule has 5 nitrogen and oxygen atoms in total. The van der Waals surface area contributed by atoms with Gasteiger partial charge in [-0.1, -0.05) is 38.1 Å². The standard InChI is InChI=1S/C26H35NO4S/c1-20(2)19-21-5-7-22(8-6-21)26(28)23-13-16-27(17-14-23)15-4-18-31-24-9-11-25(12-10-24)32(3,29)30/h5-12,20,23H,4,13-19H2,1-3H3. The third-order valence-electron chi connectivity index (χ3n) is 5.98. The Hall–Kier alpha value is -2.18. The van der Waals surface area contributed by atoms with E-state index in [0.29, 0.717) is 23.2 Å². The lowest BCUT2D eigenvalue weighted by atomic mass is 9.88. The average Bonchev–Trinajstić information content (AvgIpc) is 2.76. The first kappa shape index (κ1) is 24.5. The van der Waals surface area contributed by atoms with Gasteiger partial charge in [0.15, 0.2) is 15.6 Å². The Labute approximate surface area is 192 Å². The van der Waals surface area contributed by atoms with Crippen molar-refractivity contribution < 1.29 is 17.9 Å². The highest BCUT2D eigenvalue weighted by Gasteiger charge is 2.25. The van der Waals surface area contributed by atoms with Crippen LogP contribution in [0, 0.1) is 11.8 Å². The SMILES string of the molecule is CC(C)Cc1ccc(C(=O)C2CCN(CCCOc3ccc(S(C)(=O)=O)cc3)CC2)cc1. The largest absolute Gasteiger partial charge is 0.494 e. The van der Waals surface area contributed by atoms with Gasteiger partial charge in [-0.05, 0) is 74.5 Å². The molecule has 174 valence electrons. The zero-order valence-corrected chi connectivity index (χ0v) is 20.2. The predicted molar refractivity (Wildman–Crippen MR) is 128 cm³/mol. The van der Waals surface area contributed by atoms with Crippen molar-refractivity contribution in [3.05, 3.63) is 59.7 Å². The summed E-state index contributed by atoms with van der Waals surface area (Å²) < 4.78 is 28.8. The number of carbonyl (C=O) groups is 1. The minimum atomic E-state index is -3.18. The van der Waals surface area contributed by atoms with Crippen LogP contribution in [0.2, 0.25) is 0 Å². The van der Waals surface area contributed by atoms with Gasteiger partial charge in [-0.25, -0.2) is 8.42 Å². The summed E-state index contributed by atoms with van der Waals surface area (Å²) in [5.41, 5.74) is 2.13. The van der Waals surface area contributed by atoms with Gasteiger partial charge in [0.05, 0.1) is 11.5 Å². The molecule has 3 rings (SSSR count). The number of sulfone groups is 1. The summed E-state index contributed by atoms with van der Waals surface area (Å²) in [7, 11) is -3.18. The van der Waals surface area contributed by atoms with Crippen LogP contribution in [0.25, 0.3) is 0 Å². The zero-order chi connectivity index (χ0) is 23.1. The molecule has 2 aromatic carbocycles. The molecule has 1 heterocycles. The number of Topliss-reactive ketones (excluding diaryl/α,β-unsaturated/α-hetero) is 1. The Morgan fingerprint density at radius 1 is 1.03 bits per heavy atom. The van der Waals surface area contributed by atoms with E-state index < -0.39 is 9.84 Å². The molecule has 0 unspecified atom stereocenters. The Balaban J connectivity index is 1.37. The summed E-state index contributed by atoms with van der Waals surface area (Å²) in [6.45, 7) is 7.80. The number of carbonyl (C=O) groups excluding carboxylic acids is 1. The monoisotopic (exact) mass is 457 g/mol. The molecule has 0 spiro atoms. The molecule has 1 aliphatic rings. The molecular formula is C26H35NO4S. The smallest absolute Gasteiger partial charge is 0.175 e. The summed E-state index contributed by atoms with van der Waals surface area (Å²) in [6.07, 6.45) is 4.94. The summed E-state index contributed by atoms with van der Waals surface area (Å²) in [4.78, 5) is 15.6. The summed E-state index contributed by atoms with van der Waals surface area (Å²) >= 11 is 0. The molecule has 0 radical (unpaired) electrons. The molecule has 6 heteroatoms. The summed E-state index contributed by atoms with van der Waals surface area (Å²) in [6, 6.07) is 14.7. The minimum Gasteiger partial charge on any atom is -0.494 e. The number of likely N-dealkylation sites (tertiary alicyclic amines) is 1. The van der Waals surface area contributed by atoms with Crippen molar-refractivity contribution in [2.75, 3.05) is 32.5 Å². The number of benzene rings is 2. The van der Waals surface area contributed by atoms with Crippen molar-refractivity contribution in [1.82, 2.24) is 4.90 Å². The molecule has 0 atom stereocenters. The molecule has 0 aromatic heterocycles. The van der Waals surface area contributed by atoms with Gasteiger partial charge in [0.25, 0.3) is 0 Å². The first-order valence-electron chi connectivity index (χ1n) is 11.5. The quantitative estimate of drug-likeness (QED) is 0.384. The van der Waals surface area contributed by atoms with E-state index in [2.05, 4.69) is 30.9 Å². The van der Waals surface area contributed by atoms with E-state index in [9.17, 15) is 13.2 Å². The van der Waals surface area contributed by atoms with Gasteiger partial charge in [0, 0.05) is 24.3 Å². The fourth-order valence-electron chi connectivity index (χ4n) is 4.19. The van der Waals surface area contributed by atoms with Crippen molar-refractivity contribution in [3.8, 4) is 5.75 Å². The number of nitrogens with zero attached hydrogens (tertiary/aromatic N) is 1. The van der Waals surface area contributed by atoms with E-state index in [4.69, 9.17) is 4.74 Å². The van der Waals surface area contributed by atoms with E-state index >= 15 is 0 Å². The molecule has 0 amide bonds. The molecule has 2 aromatic rings. The highest BCUT2D eigenvalue weighted by Crippen LogP contribution is 2.23. The lowest BCUT2D eigenvalue weighted by Crippen LogP contribution is -2.37. The van der Waals surface area contributed by atoms with E-state index in [1.807, 2.05) is 12.1 Å². The van der Waals surface area contributed by atoms with Gasteiger partial charge in [-0.3, -0.25) is 4.79 Å². The second kappa shape index (κ2) is 11.1. The maximum Gasteiger partial charge on any atom is 0.175 e. The molecule has 1 fully saturated rings. The van der Waals surface area contributed by atoms with Crippen molar-refractivity contribution in [3.63, 3.8) is 0 Å². The van der Waals surface area contributed by atoms with Crippen molar-refractivity contribution >= 4 is 15.6 Å². The number of rotatable bonds is 10. The highest BCUT2D eigenvalue weighted by molar-refractivity contribution is 7.90. The van der Waals surface area contributed by atoms with Gasteiger partial charge in [0.1, 0.15) is 5.75 Å². The number of ketones is 1. The predicted octanol–water partition coefficient (Wildman–Crippen LogP) is 4.65. The molecule has 0 aliphatic carbocycles. The van der Waals surface area contributed by atoms with E-state index in [0.717, 1.165) is 50.9 Å². The Kier molecular flexibility index (Phi) is 8.49. The van der Waals surface area contributed by atoms with Crippen LogP contribution in [-0.2, 0) is 16.3 Å². The van der Waals surface area contributed by atoms with E-state index in [1.54, 1.807) is 24.3 Å². The minimum absolute atomic E-state index is 0.117. The zero-order valence-electron chi connectivity index (χ0n) is 19.4. The molecule has 0 saturated carbocycles. The Bertz CT molecular complexity index is 973. The van der Waals surface area contributed by atoms with Crippen LogP contribution in [0.15, 0.2) is 53.4 Å². The van der Waals surface area contributed by atoms with Gasteiger partial charge >= 0.3 is 0 Å². The van der Waals surface area contributed by atoms with Crippen LogP contribution in [0.1, 0.15) is 49.0 Å². The van der Waals surface area contributed by atoms with Crippen LogP contribution >= 0.6 is 0 Å². The van der Waals surface area contributed by atoms with E-state index in [1.165, 1.54) is 11.8 Å². The summed E-state index contributed by atoms with van der Waals surface area (Å²) in [5.74, 6) is 1.70. The molecular weight excluding hydrogens is 422 g/mol. The highest BCUT2D eigenvalue weighted by atomic mass is 32.2. The van der Waals surface area contributed by atoms with Gasteiger partial charge in [-0.2, -0.15) is 0 Å². The Morgan fingerprint density at radius 3 is 2.22 bits per heavy atom. The maximum atomic E-state index is 12.9. The second-order valence-corrected chi connectivity index (χ2v) is 11.2. The van der Waals surface area contributed by atoms with Crippen LogP contribution in [0.3, 0.4) is 0 Å². The van der Waals surface area contributed by atoms with Crippen LogP contribution in [0.5, 0.6) is 5.75 Å². The van der Waals surface area contributed by atoms with Gasteiger partial charge in [0.2, 0.25) is 0 Å². The molecule has 1 saturated heterocycles. The Morgan fingerprint density at radius 2 is 1.66 bits per heavy atom. The van der Waals surface area contributed by atoms with Crippen LogP contribution in [-0.4, -0.2) is 51.6 Å². The topological polar surface area (TPSA) is 63.7 Å². The first-order valence-corrected chi connectivity index (χ1v) is 13.4. The number of ether oxygens (including phenoxy) is 1. The van der Waals surface area contributed by atoms with Crippen LogP contribution in [0.4, 0.5) is 0 Å². The second-order valence-electron chi connectivity index (χ2n) is 9.22. The third kappa shape index (κ3) is 7.17. The average molecular weight is 458 g/mol. The molecule has 0 bridgehead atoms. The third-order valence-corrected chi connectivity index (χ3v) is 7.11. The van der Waals surface area contributed by atoms with Crippen molar-refractivity contribution in [2.45, 2.75) is 44.4 Å². The maximum absolute atomic E-state index is 12.9. The number of piperidine rings is 1. The van der Waals surface area contributed by atoms with Crippen molar-refractivity contribution in [1.29, 1.82) is 0 Å². The molecule has 0 N–H and O–H groups in total.